The van der Waals surface area contributed by atoms with Gasteiger partial charge in [-0.1, -0.05) is 15.9 Å². The summed E-state index contributed by atoms with van der Waals surface area (Å²) in [6.45, 7) is 0. The van der Waals surface area contributed by atoms with E-state index in [2.05, 4.69) is 26.8 Å². The lowest BCUT2D eigenvalue weighted by atomic mass is 10.2. The van der Waals surface area contributed by atoms with Crippen LogP contribution in [0.2, 0.25) is 0 Å². The van der Waals surface area contributed by atoms with Crippen LogP contribution in [-0.4, -0.2) is 16.4 Å². The normalized spacial score (nSPS) is 10.3. The van der Waals surface area contributed by atoms with Crippen LogP contribution in [0.3, 0.4) is 0 Å². The van der Waals surface area contributed by atoms with Crippen molar-refractivity contribution < 1.29 is 9.59 Å². The molecule has 0 aliphatic carbocycles. The number of nitrogens with zero attached hydrogens (tertiary/aromatic N) is 1. The van der Waals surface area contributed by atoms with Crippen molar-refractivity contribution in [2.45, 2.75) is 0 Å². The van der Waals surface area contributed by atoms with Crippen LogP contribution >= 0.6 is 27.3 Å². The third-order valence-electron chi connectivity index (χ3n) is 3.13. The summed E-state index contributed by atoms with van der Waals surface area (Å²) in [6, 6.07) is 12.5. The van der Waals surface area contributed by atoms with Gasteiger partial charge in [0.15, 0.2) is 0 Å². The van der Waals surface area contributed by atoms with Crippen molar-refractivity contribution in [2.75, 3.05) is 0 Å². The number of nitrogens with one attached hydrogen (secondary N) is 2. The Hall–Kier alpha value is -2.38. The molecule has 0 saturated heterocycles. The lowest BCUT2D eigenvalue weighted by molar-refractivity contribution is 0.0849. The predicted octanol–water partition coefficient (Wildman–Crippen LogP) is 3.38. The van der Waals surface area contributed by atoms with Gasteiger partial charge < -0.3 is 4.57 Å². The molecule has 1 aromatic carbocycles. The summed E-state index contributed by atoms with van der Waals surface area (Å²) in [7, 11) is 0. The zero-order valence-electron chi connectivity index (χ0n) is 11.8. The molecule has 2 heterocycles. The molecule has 5 nitrogen and oxygen atoms in total. The van der Waals surface area contributed by atoms with Gasteiger partial charge in [-0.3, -0.25) is 20.4 Å². The number of thiophene rings is 1. The minimum atomic E-state index is -0.370. The molecule has 0 radical (unpaired) electrons. The molecule has 0 spiro atoms. The fraction of sp³-hybridized carbons (Fsp3) is 0. The maximum atomic E-state index is 12.3. The number of halogens is 1. The molecular formula is C16H12BrN3O2S. The molecule has 0 fully saturated rings. The van der Waals surface area contributed by atoms with E-state index < -0.39 is 0 Å². The van der Waals surface area contributed by atoms with E-state index in [0.29, 0.717) is 10.4 Å². The minimum Gasteiger partial charge on any atom is -0.322 e. The summed E-state index contributed by atoms with van der Waals surface area (Å²) in [6.07, 6.45) is 3.72. The smallest absolute Gasteiger partial charge is 0.281 e. The Morgan fingerprint density at radius 3 is 2.30 bits per heavy atom. The summed E-state index contributed by atoms with van der Waals surface area (Å²) in [5.41, 5.74) is 6.11. The molecule has 2 amide bonds. The number of amides is 2. The third-order valence-corrected chi connectivity index (χ3v) is 4.56. The van der Waals surface area contributed by atoms with Crippen molar-refractivity contribution in [2.24, 2.45) is 0 Å². The van der Waals surface area contributed by atoms with Crippen LogP contribution in [0.1, 0.15) is 20.0 Å². The van der Waals surface area contributed by atoms with Gasteiger partial charge in [-0.25, -0.2) is 0 Å². The maximum absolute atomic E-state index is 12.3. The molecule has 0 unspecified atom stereocenters. The Bertz CT molecular complexity index is 825. The fourth-order valence-electron chi connectivity index (χ4n) is 2.01. The number of carbonyl (C=O) groups is 2. The molecule has 0 saturated carbocycles. The Morgan fingerprint density at radius 2 is 1.61 bits per heavy atom. The minimum absolute atomic E-state index is 0.353. The lowest BCUT2D eigenvalue weighted by Gasteiger charge is -2.08. The van der Waals surface area contributed by atoms with Crippen molar-refractivity contribution in [3.05, 3.63) is 75.2 Å². The highest BCUT2D eigenvalue weighted by atomic mass is 79.9. The summed E-state index contributed by atoms with van der Waals surface area (Å²) < 4.78 is 2.73. The second-order valence-corrected chi connectivity index (χ2v) is 6.47. The molecule has 0 aliphatic heterocycles. The van der Waals surface area contributed by atoms with Crippen LogP contribution < -0.4 is 10.9 Å². The van der Waals surface area contributed by atoms with Gasteiger partial charge in [0.05, 0.1) is 5.69 Å². The van der Waals surface area contributed by atoms with Crippen molar-refractivity contribution >= 4 is 39.1 Å². The lowest BCUT2D eigenvalue weighted by Crippen LogP contribution is -2.41. The SMILES string of the molecule is O=C(NNC(=O)c1sccc1-n1cccc1)c1ccc(Br)cc1. The Kier molecular flexibility index (Phi) is 4.59. The monoisotopic (exact) mass is 389 g/mol. The molecule has 116 valence electrons. The first-order chi connectivity index (χ1) is 11.1. The van der Waals surface area contributed by atoms with E-state index in [0.717, 1.165) is 10.2 Å². The quantitative estimate of drug-likeness (QED) is 0.674. The van der Waals surface area contributed by atoms with Crippen LogP contribution in [0.15, 0.2) is 64.7 Å². The van der Waals surface area contributed by atoms with Gasteiger partial charge in [0.25, 0.3) is 11.8 Å². The summed E-state index contributed by atoms with van der Waals surface area (Å²) in [5, 5.41) is 1.83. The molecule has 3 aromatic rings. The highest BCUT2D eigenvalue weighted by Gasteiger charge is 2.15. The number of hydrazine groups is 1. The van der Waals surface area contributed by atoms with E-state index in [-0.39, 0.29) is 11.8 Å². The molecule has 2 N–H and O–H groups in total. The number of carbonyl (C=O) groups excluding carboxylic acids is 2. The third kappa shape index (κ3) is 3.52. The second-order valence-electron chi connectivity index (χ2n) is 4.64. The Morgan fingerprint density at radius 1 is 0.957 bits per heavy atom. The van der Waals surface area contributed by atoms with Crippen molar-refractivity contribution in [3.63, 3.8) is 0 Å². The van der Waals surface area contributed by atoms with E-state index in [1.165, 1.54) is 11.3 Å². The highest BCUT2D eigenvalue weighted by Crippen LogP contribution is 2.21. The zero-order chi connectivity index (χ0) is 16.2. The fourth-order valence-corrected chi connectivity index (χ4v) is 3.06. The van der Waals surface area contributed by atoms with Crippen molar-refractivity contribution in [1.82, 2.24) is 15.4 Å². The van der Waals surface area contributed by atoms with Crippen LogP contribution in [0.25, 0.3) is 5.69 Å². The first-order valence-corrected chi connectivity index (χ1v) is 8.39. The van der Waals surface area contributed by atoms with E-state index in [4.69, 9.17) is 0 Å². The topological polar surface area (TPSA) is 63.1 Å². The maximum Gasteiger partial charge on any atom is 0.281 e. The molecule has 3 rings (SSSR count). The average molecular weight is 390 g/mol. The van der Waals surface area contributed by atoms with E-state index in [1.54, 1.807) is 24.3 Å². The Balaban J connectivity index is 1.67. The molecule has 7 heteroatoms. The first kappa shape index (κ1) is 15.5. The number of hydrogen-bond donors (Lipinski definition) is 2. The van der Waals surface area contributed by atoms with Crippen LogP contribution in [0.4, 0.5) is 0 Å². The number of benzene rings is 1. The van der Waals surface area contributed by atoms with Gasteiger partial charge in [0.2, 0.25) is 0 Å². The largest absolute Gasteiger partial charge is 0.322 e. The van der Waals surface area contributed by atoms with Gasteiger partial charge in [-0.05, 0) is 47.8 Å². The van der Waals surface area contributed by atoms with Gasteiger partial charge >= 0.3 is 0 Å². The van der Waals surface area contributed by atoms with Crippen LogP contribution in [0, 0.1) is 0 Å². The van der Waals surface area contributed by atoms with Gasteiger partial charge in [0.1, 0.15) is 4.88 Å². The van der Waals surface area contributed by atoms with Crippen LogP contribution in [0.5, 0.6) is 0 Å². The Labute approximate surface area is 145 Å². The van der Waals surface area contributed by atoms with E-state index in [1.807, 2.05) is 40.5 Å². The first-order valence-electron chi connectivity index (χ1n) is 6.72. The van der Waals surface area contributed by atoms with Crippen molar-refractivity contribution in [3.8, 4) is 5.69 Å². The molecule has 0 atom stereocenters. The van der Waals surface area contributed by atoms with Crippen LogP contribution in [-0.2, 0) is 0 Å². The van der Waals surface area contributed by atoms with Crippen molar-refractivity contribution in [1.29, 1.82) is 0 Å². The predicted molar refractivity (Wildman–Crippen MR) is 92.7 cm³/mol. The average Bonchev–Trinajstić information content (AvgIpc) is 3.23. The second kappa shape index (κ2) is 6.80. The summed E-state index contributed by atoms with van der Waals surface area (Å²) >= 11 is 4.62. The summed E-state index contributed by atoms with van der Waals surface area (Å²) in [4.78, 5) is 24.8. The van der Waals surface area contributed by atoms with Gasteiger partial charge in [-0.15, -0.1) is 11.3 Å². The molecule has 2 aromatic heterocycles. The van der Waals surface area contributed by atoms with Gasteiger partial charge in [-0.2, -0.15) is 0 Å². The number of hydrogen-bond acceptors (Lipinski definition) is 3. The molecule has 0 bridgehead atoms. The zero-order valence-corrected chi connectivity index (χ0v) is 14.2. The summed E-state index contributed by atoms with van der Waals surface area (Å²) in [5.74, 6) is -0.723. The molecular weight excluding hydrogens is 378 g/mol. The standard InChI is InChI=1S/C16H12BrN3O2S/c17-12-5-3-11(4-6-12)15(21)18-19-16(22)14-13(7-10-23-14)20-8-1-2-9-20/h1-10H,(H,18,21)(H,19,22). The highest BCUT2D eigenvalue weighted by molar-refractivity contribution is 9.10. The van der Waals surface area contributed by atoms with Gasteiger partial charge in [0, 0.05) is 22.4 Å². The van der Waals surface area contributed by atoms with E-state index >= 15 is 0 Å². The van der Waals surface area contributed by atoms with E-state index in [9.17, 15) is 9.59 Å². The molecule has 0 aliphatic rings. The number of aromatic nitrogens is 1. The number of rotatable bonds is 3. The molecule has 23 heavy (non-hydrogen) atoms.